The third-order valence-corrected chi connectivity index (χ3v) is 18.2. The Kier molecular flexibility index (Phi) is 16.9. The zero-order valence-electron chi connectivity index (χ0n) is 51.6. The van der Waals surface area contributed by atoms with E-state index < -0.39 is 0 Å². The van der Waals surface area contributed by atoms with Crippen LogP contribution in [-0.2, 0) is 31.5 Å². The highest BCUT2D eigenvalue weighted by molar-refractivity contribution is 6.07. The zero-order chi connectivity index (χ0) is 62.0. The van der Waals surface area contributed by atoms with Crippen molar-refractivity contribution in [3.63, 3.8) is 0 Å². The van der Waals surface area contributed by atoms with Crippen LogP contribution < -0.4 is 14.2 Å². The molecule has 4 atom stereocenters. The second-order valence-corrected chi connectivity index (χ2v) is 24.2. The second kappa shape index (κ2) is 25.8. The molecule has 0 amide bonds. The Hall–Kier alpha value is -9.76. The monoisotopic (exact) mass is 1200 g/mol. The van der Waals surface area contributed by atoms with E-state index in [4.69, 9.17) is 38.9 Å². The Balaban J connectivity index is 0.000000167. The zero-order valence-corrected chi connectivity index (χ0v) is 51.6. The minimum atomic E-state index is -0.361. The van der Waals surface area contributed by atoms with Gasteiger partial charge in [0.25, 0.3) is 0 Å². The van der Waals surface area contributed by atoms with Gasteiger partial charge >= 0.3 is 5.97 Å². The highest BCUT2D eigenvalue weighted by atomic mass is 16.5. The van der Waals surface area contributed by atoms with Crippen molar-refractivity contribution in [1.29, 1.82) is 0 Å². The Morgan fingerprint density at radius 2 is 1.13 bits per heavy atom. The van der Waals surface area contributed by atoms with Crippen molar-refractivity contribution in [1.82, 2.24) is 23.7 Å². The summed E-state index contributed by atoms with van der Waals surface area (Å²) >= 11 is 0. The molecule has 90 heavy (non-hydrogen) atoms. The number of fused-ring (bicyclic) bond motifs is 7. The second-order valence-electron chi connectivity index (χ2n) is 24.2. The number of benzene rings is 7. The molecule has 2 saturated carbocycles. The van der Waals surface area contributed by atoms with Crippen molar-refractivity contribution in [2.75, 3.05) is 19.8 Å². The van der Waals surface area contributed by atoms with E-state index in [-0.39, 0.29) is 47.0 Å². The normalized spacial score (nSPS) is 17.3. The molecule has 15 nitrogen and oxygen atoms in total. The maximum Gasteiger partial charge on any atom is 0.338 e. The Morgan fingerprint density at radius 1 is 0.578 bits per heavy atom. The van der Waals surface area contributed by atoms with Crippen molar-refractivity contribution in [3.05, 3.63) is 185 Å². The molecule has 2 unspecified atom stereocenters. The van der Waals surface area contributed by atoms with E-state index in [1.54, 1.807) is 19.9 Å². The van der Waals surface area contributed by atoms with Gasteiger partial charge in [-0.1, -0.05) is 61.4 Å². The lowest BCUT2D eigenvalue weighted by molar-refractivity contribution is 0.0526. The summed E-state index contributed by atoms with van der Waals surface area (Å²) in [6, 6.07) is 45.3. The molecule has 7 aromatic carbocycles. The van der Waals surface area contributed by atoms with Crippen molar-refractivity contribution in [2.45, 2.75) is 98.8 Å². The van der Waals surface area contributed by atoms with Gasteiger partial charge in [-0.25, -0.2) is 14.8 Å². The molecule has 5 heterocycles. The van der Waals surface area contributed by atoms with Gasteiger partial charge in [-0.15, -0.1) is 0 Å². The number of Topliss-reactive ketones (excluding diaryl/α,β-unsaturated/α-hetero) is 3. The minimum Gasteiger partial charge on any atom is -0.493 e. The molecule has 2 aliphatic carbocycles. The minimum absolute atomic E-state index is 0.0307. The number of carbonyl (C=O) groups excluding carboxylic acids is 4. The smallest absolute Gasteiger partial charge is 0.338 e. The van der Waals surface area contributed by atoms with Gasteiger partial charge in [-0.2, -0.15) is 0 Å². The molecule has 0 bridgehead atoms. The average molecular weight is 1200 g/mol. The van der Waals surface area contributed by atoms with E-state index in [2.05, 4.69) is 32.0 Å². The lowest BCUT2D eigenvalue weighted by Gasteiger charge is -2.15. The third kappa shape index (κ3) is 12.0. The number of aliphatic imine (C=N–C) groups is 2. The third-order valence-electron chi connectivity index (χ3n) is 18.2. The number of hydrogen-bond acceptors (Lipinski definition) is 12. The number of aryl methyl sites for hydroxylation is 5. The first-order chi connectivity index (χ1) is 43.9. The molecule has 15 heteroatoms. The van der Waals surface area contributed by atoms with Gasteiger partial charge in [0.05, 0.1) is 58.8 Å². The van der Waals surface area contributed by atoms with Crippen molar-refractivity contribution in [3.8, 4) is 40.0 Å². The molecule has 10 aromatic rings. The maximum absolute atomic E-state index is 13.3. The molecule has 456 valence electrons. The maximum atomic E-state index is 13.3. The van der Waals surface area contributed by atoms with Gasteiger partial charge in [0.2, 0.25) is 0 Å². The van der Waals surface area contributed by atoms with Gasteiger partial charge in [0, 0.05) is 113 Å². The summed E-state index contributed by atoms with van der Waals surface area (Å²) in [5.74, 6) is 4.62. The number of aromatic nitrogens is 5. The first kappa shape index (κ1) is 59.2. The van der Waals surface area contributed by atoms with Crippen LogP contribution in [0.4, 0.5) is 11.4 Å². The van der Waals surface area contributed by atoms with Crippen LogP contribution in [0.15, 0.2) is 156 Å². The fourth-order valence-corrected chi connectivity index (χ4v) is 13.5. The number of nitrogens with zero attached hydrogens (tertiary/aromatic N) is 7. The first-order valence-corrected chi connectivity index (χ1v) is 31.6. The molecular weight excluding hydrogens is 1130 g/mol. The molecule has 0 saturated heterocycles. The van der Waals surface area contributed by atoms with Crippen LogP contribution in [0.3, 0.4) is 0 Å². The number of ketones is 3. The number of carbonyl (C=O) groups is 4. The molecule has 0 N–H and O–H groups in total. The highest BCUT2D eigenvalue weighted by Gasteiger charge is 2.37. The lowest BCUT2D eigenvalue weighted by Crippen LogP contribution is -2.18. The van der Waals surface area contributed by atoms with Crippen LogP contribution in [0.2, 0.25) is 0 Å². The molecule has 4 aliphatic rings. The van der Waals surface area contributed by atoms with Gasteiger partial charge in [-0.05, 0) is 162 Å². The van der Waals surface area contributed by atoms with Gasteiger partial charge in [0.1, 0.15) is 35.5 Å². The van der Waals surface area contributed by atoms with E-state index >= 15 is 0 Å². The van der Waals surface area contributed by atoms with Crippen molar-refractivity contribution >= 4 is 80.1 Å². The Morgan fingerprint density at radius 3 is 1.73 bits per heavy atom. The van der Waals surface area contributed by atoms with Crippen LogP contribution in [0.5, 0.6) is 17.2 Å². The lowest BCUT2D eigenvalue weighted by atomic mass is 9.89. The number of rotatable bonds is 18. The number of imidazole rings is 2. The van der Waals surface area contributed by atoms with E-state index in [0.29, 0.717) is 74.0 Å². The van der Waals surface area contributed by atoms with E-state index in [9.17, 15) is 19.2 Å². The summed E-state index contributed by atoms with van der Waals surface area (Å²) < 4.78 is 30.3. The summed E-state index contributed by atoms with van der Waals surface area (Å²) in [4.78, 5) is 70.8. The summed E-state index contributed by atoms with van der Waals surface area (Å²) in [7, 11) is 2.05. The largest absolute Gasteiger partial charge is 0.493 e. The fraction of sp³-hybridized carbons (Fsp3) is 0.307. The van der Waals surface area contributed by atoms with E-state index in [1.165, 1.54) is 0 Å². The number of para-hydroxylation sites is 1. The van der Waals surface area contributed by atoms with Crippen molar-refractivity contribution in [2.24, 2.45) is 40.7 Å². The quantitative estimate of drug-likeness (QED) is 0.0457. The number of ether oxygens (including phenoxy) is 4. The molecular formula is C75H73N7O8. The van der Waals surface area contributed by atoms with Gasteiger partial charge in [0.15, 0.2) is 17.3 Å². The Bertz CT molecular complexity index is 4460. The van der Waals surface area contributed by atoms with Crippen LogP contribution in [0, 0.1) is 37.5 Å². The predicted molar refractivity (Wildman–Crippen MR) is 353 cm³/mol. The van der Waals surface area contributed by atoms with Crippen LogP contribution in [-0.4, -0.2) is 79.2 Å². The first-order valence-electron chi connectivity index (χ1n) is 31.6. The summed E-state index contributed by atoms with van der Waals surface area (Å²) in [5.41, 5.74) is 13.5. The summed E-state index contributed by atoms with van der Waals surface area (Å²) in [5, 5.41) is 1.14. The fourth-order valence-electron chi connectivity index (χ4n) is 13.5. The summed E-state index contributed by atoms with van der Waals surface area (Å²) in [6.07, 6.45) is 13.6. The average Bonchev–Trinajstić information content (AvgIpc) is 1.65. The SMILES string of the molecule is CC(=O)c1ccc2nc(-c3cn(C)c4ccccc34)n(CCCOc3cc4c(cc3C)C(=O)C3CCC[C@H]3C=N4)c2c1.CCOC(=O)c1ccc2nc(-c3ccc(OCc4ccccc4)cc3)n(CCCOc3cc4c(cc3C)C(=O)C3CCC[C@H]3C=N4)c2c1. The molecule has 0 radical (unpaired) electrons. The summed E-state index contributed by atoms with van der Waals surface area (Å²) in [6.45, 7) is 10.4. The molecule has 2 fully saturated rings. The van der Waals surface area contributed by atoms with Gasteiger partial charge < -0.3 is 32.6 Å². The van der Waals surface area contributed by atoms with Crippen LogP contribution in [0.25, 0.3) is 55.7 Å². The molecule has 3 aromatic heterocycles. The number of esters is 1. The predicted octanol–water partition coefficient (Wildman–Crippen LogP) is 16.0. The van der Waals surface area contributed by atoms with Crippen LogP contribution in [0.1, 0.15) is 123 Å². The molecule has 2 aliphatic heterocycles. The standard InChI is InChI=1S/C40H39N3O5.C35H34N4O3/c1-3-46-40(45)29-15-18-34-36(22-29)43(39(42-34)28-13-16-31(17-14-28)48-25-27-9-5-4-6-10-27)19-8-20-47-37-23-35-33(21-26(37)2)38(44)32-12-7-11-30(32)24-41-35;1-21-16-27-30(36-19-24-8-6-10-25(24)34(27)41)18-33(21)42-15-7-14-39-32-17-23(22(2)40)12-13-29(32)37-35(39)28-20-38(3)31-11-5-4-9-26(28)31/h4-6,9-10,13-18,21-24,30,32H,3,7-8,11-12,19-20,25H2,1-2H3;4-5,9,11-13,16-20,24-25H,6-8,10,14-15H2,1-3H3/t30-,32?;24-,25?/m00/s1. The topological polar surface area (TPSA) is 170 Å². The molecule has 0 spiro atoms. The van der Waals surface area contributed by atoms with Crippen molar-refractivity contribution < 1.29 is 38.1 Å². The van der Waals surface area contributed by atoms with Gasteiger partial charge in [-0.3, -0.25) is 24.4 Å². The molecule has 14 rings (SSSR count). The van der Waals surface area contributed by atoms with E-state index in [1.807, 2.05) is 155 Å². The van der Waals surface area contributed by atoms with Crippen LogP contribution >= 0.6 is 0 Å². The number of hydrogen-bond donors (Lipinski definition) is 0. The van der Waals surface area contributed by atoms with E-state index in [0.717, 1.165) is 140 Å². The highest BCUT2D eigenvalue weighted by Crippen LogP contribution is 2.43. The Labute approximate surface area is 523 Å².